The van der Waals surface area contributed by atoms with E-state index >= 15 is 0 Å². The first kappa shape index (κ1) is 25.5. The maximum Gasteiger partial charge on any atom is 0.318 e. The van der Waals surface area contributed by atoms with Crippen molar-refractivity contribution in [2.75, 3.05) is 26.2 Å². The molecule has 32 heavy (non-hydrogen) atoms. The van der Waals surface area contributed by atoms with E-state index in [2.05, 4.69) is 0 Å². The first-order valence-electron chi connectivity index (χ1n) is 9.41. The molecule has 0 aliphatic carbocycles. The molecular weight excluding hydrogens is 460 g/mol. The van der Waals surface area contributed by atoms with Gasteiger partial charge in [-0.1, -0.05) is 35.4 Å². The van der Waals surface area contributed by atoms with E-state index in [1.807, 2.05) is 0 Å². The number of carboxylic acids is 2. The summed E-state index contributed by atoms with van der Waals surface area (Å²) in [4.78, 5) is 22.3. The first-order chi connectivity index (χ1) is 14.8. The van der Waals surface area contributed by atoms with Crippen molar-refractivity contribution in [2.24, 2.45) is 0 Å². The number of benzene rings is 2. The molecular formula is C20H24N2O8S2. The van der Waals surface area contributed by atoms with Crippen molar-refractivity contribution in [3.63, 3.8) is 0 Å². The highest BCUT2D eigenvalue weighted by atomic mass is 32.2. The van der Waals surface area contributed by atoms with Gasteiger partial charge < -0.3 is 10.2 Å². The number of carboxylic acid groups (broad SMARTS) is 2. The number of sulfonamides is 2. The second-order valence-electron chi connectivity index (χ2n) is 7.09. The summed E-state index contributed by atoms with van der Waals surface area (Å²) in [5.41, 5.74) is 1.59. The molecule has 2 aromatic carbocycles. The Morgan fingerprint density at radius 3 is 1.19 bits per heavy atom. The molecule has 0 aliphatic rings. The van der Waals surface area contributed by atoms with Crippen LogP contribution < -0.4 is 0 Å². The number of aryl methyl sites for hydroxylation is 2. The quantitative estimate of drug-likeness (QED) is 0.482. The largest absolute Gasteiger partial charge is 0.480 e. The maximum absolute atomic E-state index is 12.9. The number of hydrogen-bond acceptors (Lipinski definition) is 6. The molecule has 0 fully saturated rings. The minimum Gasteiger partial charge on any atom is -0.480 e. The van der Waals surface area contributed by atoms with E-state index in [-0.39, 0.29) is 9.79 Å². The molecule has 2 rings (SSSR count). The van der Waals surface area contributed by atoms with Crippen LogP contribution >= 0.6 is 0 Å². The highest BCUT2D eigenvalue weighted by molar-refractivity contribution is 7.89. The highest BCUT2D eigenvalue weighted by Gasteiger charge is 2.31. The van der Waals surface area contributed by atoms with Crippen LogP contribution in [-0.2, 0) is 29.6 Å². The molecule has 10 nitrogen and oxygen atoms in total. The topological polar surface area (TPSA) is 149 Å². The summed E-state index contributed by atoms with van der Waals surface area (Å²) in [5.74, 6) is -2.88. The van der Waals surface area contributed by atoms with Crippen molar-refractivity contribution in [1.29, 1.82) is 0 Å². The predicted octanol–water partition coefficient (Wildman–Crippen LogP) is 1.15. The average molecular weight is 485 g/mol. The van der Waals surface area contributed by atoms with Crippen molar-refractivity contribution in [1.82, 2.24) is 8.61 Å². The third-order valence-corrected chi connectivity index (χ3v) is 8.26. The van der Waals surface area contributed by atoms with Crippen molar-refractivity contribution < 1.29 is 36.6 Å². The third kappa shape index (κ3) is 6.36. The SMILES string of the molecule is Cc1ccc(S(=O)(=O)N(CCN(CC(=O)O)S(=O)(=O)c2ccc(C)cc2)CC(=O)O)cc1. The van der Waals surface area contributed by atoms with Crippen molar-refractivity contribution >= 4 is 32.0 Å². The second-order valence-corrected chi connectivity index (χ2v) is 11.0. The number of aliphatic carboxylic acids is 2. The van der Waals surface area contributed by atoms with Gasteiger partial charge in [-0.2, -0.15) is 8.61 Å². The van der Waals surface area contributed by atoms with Gasteiger partial charge in [0.2, 0.25) is 20.0 Å². The Morgan fingerprint density at radius 2 is 0.938 bits per heavy atom. The van der Waals surface area contributed by atoms with E-state index in [9.17, 15) is 36.6 Å². The number of rotatable bonds is 11. The molecule has 0 saturated carbocycles. The van der Waals surface area contributed by atoms with Gasteiger partial charge in [0.25, 0.3) is 0 Å². The molecule has 0 heterocycles. The van der Waals surface area contributed by atoms with Gasteiger partial charge >= 0.3 is 11.9 Å². The molecule has 12 heteroatoms. The molecule has 0 atom stereocenters. The monoisotopic (exact) mass is 484 g/mol. The molecule has 0 aromatic heterocycles. The third-order valence-electron chi connectivity index (χ3n) is 4.54. The summed E-state index contributed by atoms with van der Waals surface area (Å²) in [6.45, 7) is 0.571. The van der Waals surface area contributed by atoms with Crippen LogP contribution in [-0.4, -0.2) is 73.8 Å². The Bertz CT molecular complexity index is 1080. The standard InChI is InChI=1S/C20H24N2O8S2/c1-15-3-7-17(8-4-15)31(27,28)21(13-19(23)24)11-12-22(14-20(25)26)32(29,30)18-9-5-16(2)6-10-18/h3-10H,11-14H2,1-2H3,(H,23,24)(H,25,26). The zero-order valence-corrected chi connectivity index (χ0v) is 19.1. The lowest BCUT2D eigenvalue weighted by Crippen LogP contribution is -2.44. The predicted molar refractivity (Wildman–Crippen MR) is 115 cm³/mol. The Hall–Kier alpha value is -2.80. The number of carbonyl (C=O) groups is 2. The second kappa shape index (κ2) is 10.2. The lowest BCUT2D eigenvalue weighted by atomic mass is 10.2. The first-order valence-corrected chi connectivity index (χ1v) is 12.3. The van der Waals surface area contributed by atoms with E-state index in [0.717, 1.165) is 11.1 Å². The molecule has 0 unspecified atom stereocenters. The van der Waals surface area contributed by atoms with Gasteiger partial charge in [0.1, 0.15) is 13.1 Å². The van der Waals surface area contributed by atoms with E-state index in [0.29, 0.717) is 8.61 Å². The summed E-state index contributed by atoms with van der Waals surface area (Å²) in [7, 11) is -8.54. The lowest BCUT2D eigenvalue weighted by molar-refractivity contribution is -0.138. The van der Waals surface area contributed by atoms with Gasteiger partial charge in [0.05, 0.1) is 9.79 Å². The minimum atomic E-state index is -4.27. The van der Waals surface area contributed by atoms with E-state index in [4.69, 9.17) is 0 Å². The summed E-state index contributed by atoms with van der Waals surface area (Å²) in [6.07, 6.45) is 0. The van der Waals surface area contributed by atoms with Crippen LogP contribution in [0.1, 0.15) is 11.1 Å². The fourth-order valence-corrected chi connectivity index (χ4v) is 5.57. The van der Waals surface area contributed by atoms with Gasteiger partial charge in [-0.25, -0.2) is 16.8 Å². The van der Waals surface area contributed by atoms with Crippen LogP contribution in [0.15, 0.2) is 58.3 Å². The zero-order chi connectivity index (χ0) is 24.1. The lowest BCUT2D eigenvalue weighted by Gasteiger charge is -2.25. The Morgan fingerprint density at radius 1 is 0.656 bits per heavy atom. The van der Waals surface area contributed by atoms with Crippen LogP contribution in [0.2, 0.25) is 0 Å². The smallest absolute Gasteiger partial charge is 0.318 e. The summed E-state index contributed by atoms with van der Waals surface area (Å²) < 4.78 is 53.0. The van der Waals surface area contributed by atoms with Gasteiger partial charge in [0.15, 0.2) is 0 Å². The van der Waals surface area contributed by atoms with Gasteiger partial charge in [0, 0.05) is 13.1 Å². The summed E-state index contributed by atoms with van der Waals surface area (Å²) in [6, 6.07) is 11.5. The number of hydrogen-bond donors (Lipinski definition) is 2. The zero-order valence-electron chi connectivity index (χ0n) is 17.5. The molecule has 0 saturated heterocycles. The molecule has 2 aromatic rings. The minimum absolute atomic E-state index is 0.157. The van der Waals surface area contributed by atoms with E-state index in [1.54, 1.807) is 38.1 Å². The summed E-state index contributed by atoms with van der Waals surface area (Å²) >= 11 is 0. The van der Waals surface area contributed by atoms with Crippen LogP contribution in [0, 0.1) is 13.8 Å². The van der Waals surface area contributed by atoms with Crippen LogP contribution in [0.3, 0.4) is 0 Å². The molecule has 0 aliphatic heterocycles. The Labute approximate surface area is 186 Å². The maximum atomic E-state index is 12.9. The fourth-order valence-electron chi connectivity index (χ4n) is 2.81. The van der Waals surface area contributed by atoms with Crippen LogP contribution in [0.25, 0.3) is 0 Å². The Balaban J connectivity index is 2.36. The van der Waals surface area contributed by atoms with E-state index in [1.165, 1.54) is 24.3 Å². The normalized spacial score (nSPS) is 12.2. The van der Waals surface area contributed by atoms with Crippen molar-refractivity contribution in [2.45, 2.75) is 23.6 Å². The van der Waals surface area contributed by atoms with Gasteiger partial charge in [-0.3, -0.25) is 9.59 Å². The summed E-state index contributed by atoms with van der Waals surface area (Å²) in [5, 5.41) is 18.4. The van der Waals surface area contributed by atoms with Crippen molar-refractivity contribution in [3.05, 3.63) is 59.7 Å². The fraction of sp³-hybridized carbons (Fsp3) is 0.300. The molecule has 0 amide bonds. The molecule has 0 bridgehead atoms. The molecule has 0 radical (unpaired) electrons. The molecule has 0 spiro atoms. The van der Waals surface area contributed by atoms with E-state index < -0.39 is 58.2 Å². The Kier molecular flexibility index (Phi) is 8.13. The molecule has 2 N–H and O–H groups in total. The van der Waals surface area contributed by atoms with Crippen LogP contribution in [0.4, 0.5) is 0 Å². The van der Waals surface area contributed by atoms with Crippen molar-refractivity contribution in [3.8, 4) is 0 Å². The van der Waals surface area contributed by atoms with Crippen LogP contribution in [0.5, 0.6) is 0 Å². The van der Waals surface area contributed by atoms with Gasteiger partial charge in [-0.15, -0.1) is 0 Å². The number of nitrogens with zero attached hydrogens (tertiary/aromatic N) is 2. The highest BCUT2D eigenvalue weighted by Crippen LogP contribution is 2.19. The molecule has 174 valence electrons. The van der Waals surface area contributed by atoms with Gasteiger partial charge in [-0.05, 0) is 38.1 Å². The average Bonchev–Trinajstić information content (AvgIpc) is 2.70.